The summed E-state index contributed by atoms with van der Waals surface area (Å²) in [5.74, 6) is 0.861. The molecule has 3 heterocycles. The molecule has 0 N–H and O–H groups in total. The minimum Gasteiger partial charge on any atom is -0.377 e. The van der Waals surface area contributed by atoms with Crippen LogP contribution in [0, 0.1) is 0 Å². The molecular weight excluding hydrogens is 352 g/mol. The SMILES string of the molecule is C=CCn1c(SCC2CCCCO2)nc2sc3c(c2c1=O)CCCC3. The van der Waals surface area contributed by atoms with Crippen molar-refractivity contribution in [3.8, 4) is 0 Å². The van der Waals surface area contributed by atoms with Gasteiger partial charge in [-0.25, -0.2) is 4.98 Å². The van der Waals surface area contributed by atoms with E-state index in [4.69, 9.17) is 9.72 Å². The zero-order valence-corrected chi connectivity index (χ0v) is 16.1. The maximum atomic E-state index is 13.2. The minimum absolute atomic E-state index is 0.108. The first-order valence-corrected chi connectivity index (χ1v) is 11.0. The van der Waals surface area contributed by atoms with Crippen molar-refractivity contribution in [2.24, 2.45) is 0 Å². The van der Waals surface area contributed by atoms with E-state index < -0.39 is 0 Å². The lowest BCUT2D eigenvalue weighted by molar-refractivity contribution is 0.0315. The van der Waals surface area contributed by atoms with Gasteiger partial charge in [-0.1, -0.05) is 17.8 Å². The smallest absolute Gasteiger partial charge is 0.263 e. The molecule has 1 aliphatic carbocycles. The number of hydrogen-bond donors (Lipinski definition) is 0. The Morgan fingerprint density at radius 3 is 3.00 bits per heavy atom. The van der Waals surface area contributed by atoms with E-state index in [0.717, 1.165) is 53.4 Å². The number of ether oxygens (including phenoxy) is 1. The summed E-state index contributed by atoms with van der Waals surface area (Å²) in [6.07, 6.45) is 10.1. The lowest BCUT2D eigenvalue weighted by Crippen LogP contribution is -2.25. The van der Waals surface area contributed by atoms with Crippen LogP contribution in [0.3, 0.4) is 0 Å². The average Bonchev–Trinajstić information content (AvgIpc) is 3.02. The Morgan fingerprint density at radius 1 is 1.32 bits per heavy atom. The van der Waals surface area contributed by atoms with Gasteiger partial charge in [-0.05, 0) is 50.5 Å². The van der Waals surface area contributed by atoms with Gasteiger partial charge in [0.15, 0.2) is 5.16 Å². The number of allylic oxidation sites excluding steroid dienone is 1. The molecule has 0 spiro atoms. The number of fused-ring (bicyclic) bond motifs is 3. The van der Waals surface area contributed by atoms with Crippen LogP contribution in [0.1, 0.15) is 42.5 Å². The molecule has 0 bridgehead atoms. The quantitative estimate of drug-likeness (QED) is 0.446. The van der Waals surface area contributed by atoms with Crippen LogP contribution in [0.5, 0.6) is 0 Å². The van der Waals surface area contributed by atoms with Crippen LogP contribution in [-0.2, 0) is 24.1 Å². The molecule has 134 valence electrons. The topological polar surface area (TPSA) is 44.1 Å². The summed E-state index contributed by atoms with van der Waals surface area (Å²) in [7, 11) is 0. The normalized spacial score (nSPS) is 20.6. The third-order valence-corrected chi connectivity index (χ3v) is 7.32. The molecule has 2 aromatic rings. The fourth-order valence-electron chi connectivity index (χ4n) is 3.73. The molecule has 25 heavy (non-hydrogen) atoms. The second-order valence-electron chi connectivity index (χ2n) is 6.79. The first-order chi connectivity index (χ1) is 12.3. The van der Waals surface area contributed by atoms with Gasteiger partial charge in [0.1, 0.15) is 4.83 Å². The van der Waals surface area contributed by atoms with Crippen LogP contribution in [0.4, 0.5) is 0 Å². The van der Waals surface area contributed by atoms with Gasteiger partial charge in [0, 0.05) is 23.8 Å². The highest BCUT2D eigenvalue weighted by atomic mass is 32.2. The summed E-state index contributed by atoms with van der Waals surface area (Å²) in [6, 6.07) is 0. The molecule has 4 nitrogen and oxygen atoms in total. The molecule has 1 aliphatic heterocycles. The molecule has 1 unspecified atom stereocenters. The van der Waals surface area contributed by atoms with Crippen LogP contribution >= 0.6 is 23.1 Å². The van der Waals surface area contributed by atoms with Crippen LogP contribution in [0.2, 0.25) is 0 Å². The fraction of sp³-hybridized carbons (Fsp3) is 0.579. The largest absolute Gasteiger partial charge is 0.377 e. The standard InChI is InChI=1S/C19H24N2O2S2/c1-2-10-21-18(22)16-14-8-3-4-9-15(14)25-17(16)20-19(21)24-12-13-7-5-6-11-23-13/h2,13H,1,3-12H2. The number of rotatable bonds is 5. The van der Waals surface area contributed by atoms with Crippen molar-refractivity contribution in [2.75, 3.05) is 12.4 Å². The Balaban J connectivity index is 1.70. The monoisotopic (exact) mass is 376 g/mol. The summed E-state index contributed by atoms with van der Waals surface area (Å²) in [5, 5.41) is 1.67. The molecule has 2 aliphatic rings. The van der Waals surface area contributed by atoms with E-state index in [-0.39, 0.29) is 11.7 Å². The van der Waals surface area contributed by atoms with Crippen molar-refractivity contribution in [2.45, 2.75) is 62.8 Å². The number of thioether (sulfide) groups is 1. The average molecular weight is 377 g/mol. The van der Waals surface area contributed by atoms with Crippen LogP contribution < -0.4 is 5.56 Å². The fourth-order valence-corrected chi connectivity index (χ4v) is 6.10. The van der Waals surface area contributed by atoms with Gasteiger partial charge >= 0.3 is 0 Å². The third-order valence-electron chi connectivity index (χ3n) is 5.02. The summed E-state index contributed by atoms with van der Waals surface area (Å²) in [5.41, 5.74) is 1.37. The zero-order valence-electron chi connectivity index (χ0n) is 14.5. The van der Waals surface area contributed by atoms with Gasteiger partial charge in [-0.3, -0.25) is 9.36 Å². The first-order valence-electron chi connectivity index (χ1n) is 9.18. The number of aryl methyl sites for hydroxylation is 2. The van der Waals surface area contributed by atoms with Crippen molar-refractivity contribution in [1.82, 2.24) is 9.55 Å². The van der Waals surface area contributed by atoms with E-state index in [1.165, 1.54) is 29.7 Å². The lowest BCUT2D eigenvalue weighted by Gasteiger charge is -2.22. The predicted octanol–water partition coefficient (Wildman–Crippen LogP) is 4.18. The van der Waals surface area contributed by atoms with Crippen LogP contribution in [0.25, 0.3) is 10.2 Å². The summed E-state index contributed by atoms with van der Waals surface area (Å²) >= 11 is 3.38. The van der Waals surface area contributed by atoms with Gasteiger partial charge in [-0.15, -0.1) is 17.9 Å². The predicted molar refractivity (Wildman–Crippen MR) is 105 cm³/mol. The Labute approximate surface area is 156 Å². The Bertz CT molecular complexity index is 834. The van der Waals surface area contributed by atoms with Gasteiger partial charge in [0.05, 0.1) is 11.5 Å². The van der Waals surface area contributed by atoms with Gasteiger partial charge in [0.2, 0.25) is 0 Å². The van der Waals surface area contributed by atoms with E-state index >= 15 is 0 Å². The number of thiophene rings is 1. The molecule has 2 aromatic heterocycles. The van der Waals surface area contributed by atoms with Crippen LogP contribution in [0.15, 0.2) is 22.6 Å². The van der Waals surface area contributed by atoms with E-state index in [9.17, 15) is 4.79 Å². The molecule has 0 saturated carbocycles. The highest BCUT2D eigenvalue weighted by Gasteiger charge is 2.23. The molecule has 4 rings (SSSR count). The van der Waals surface area contributed by atoms with Gasteiger partial charge in [0.25, 0.3) is 5.56 Å². The molecule has 1 fully saturated rings. The molecular formula is C19H24N2O2S2. The lowest BCUT2D eigenvalue weighted by atomic mass is 9.97. The molecule has 0 aromatic carbocycles. The van der Waals surface area contributed by atoms with Crippen LogP contribution in [-0.4, -0.2) is 28.0 Å². The minimum atomic E-state index is 0.108. The second-order valence-corrected chi connectivity index (χ2v) is 8.86. The molecule has 0 radical (unpaired) electrons. The summed E-state index contributed by atoms with van der Waals surface area (Å²) < 4.78 is 7.63. The van der Waals surface area contributed by atoms with Gasteiger partial charge in [-0.2, -0.15) is 0 Å². The Hall–Kier alpha value is -1.11. The van der Waals surface area contributed by atoms with E-state index in [1.807, 2.05) is 0 Å². The third kappa shape index (κ3) is 3.44. The molecule has 6 heteroatoms. The summed E-state index contributed by atoms with van der Waals surface area (Å²) in [6.45, 7) is 5.19. The number of nitrogens with zero attached hydrogens (tertiary/aromatic N) is 2. The Morgan fingerprint density at radius 2 is 2.20 bits per heavy atom. The van der Waals surface area contributed by atoms with E-state index in [1.54, 1.807) is 33.7 Å². The first kappa shape index (κ1) is 17.3. The molecule has 0 amide bonds. The van der Waals surface area contributed by atoms with Crippen molar-refractivity contribution in [1.29, 1.82) is 0 Å². The highest BCUT2D eigenvalue weighted by Crippen LogP contribution is 2.35. The Kier molecular flexibility index (Phi) is 5.29. The number of aromatic nitrogens is 2. The maximum absolute atomic E-state index is 13.2. The zero-order chi connectivity index (χ0) is 17.2. The number of hydrogen-bond acceptors (Lipinski definition) is 5. The molecule has 1 atom stereocenters. The van der Waals surface area contributed by atoms with E-state index in [2.05, 4.69) is 6.58 Å². The molecule has 1 saturated heterocycles. The van der Waals surface area contributed by atoms with E-state index in [0.29, 0.717) is 6.54 Å². The van der Waals surface area contributed by atoms with Crippen molar-refractivity contribution in [3.05, 3.63) is 33.4 Å². The van der Waals surface area contributed by atoms with Crippen molar-refractivity contribution < 1.29 is 4.74 Å². The van der Waals surface area contributed by atoms with Gasteiger partial charge < -0.3 is 4.74 Å². The van der Waals surface area contributed by atoms with Crippen molar-refractivity contribution in [3.63, 3.8) is 0 Å². The second kappa shape index (κ2) is 7.64. The highest BCUT2D eigenvalue weighted by molar-refractivity contribution is 7.99. The van der Waals surface area contributed by atoms with Crippen molar-refractivity contribution >= 4 is 33.3 Å². The maximum Gasteiger partial charge on any atom is 0.263 e. The summed E-state index contributed by atoms with van der Waals surface area (Å²) in [4.78, 5) is 20.3.